The van der Waals surface area contributed by atoms with Crippen molar-refractivity contribution >= 4 is 17.0 Å². The third-order valence-corrected chi connectivity index (χ3v) is 2.78. The van der Waals surface area contributed by atoms with Crippen LogP contribution in [0.2, 0.25) is 0 Å². The van der Waals surface area contributed by atoms with E-state index in [4.69, 9.17) is 9.84 Å². The van der Waals surface area contributed by atoms with Crippen molar-refractivity contribution in [3.8, 4) is 11.5 Å². The van der Waals surface area contributed by atoms with E-state index < -0.39 is 17.3 Å². The van der Waals surface area contributed by atoms with Crippen molar-refractivity contribution in [2.75, 3.05) is 0 Å². The van der Waals surface area contributed by atoms with Gasteiger partial charge in [0, 0.05) is 17.6 Å². The Morgan fingerprint density at radius 2 is 2.10 bits per heavy atom. The van der Waals surface area contributed by atoms with E-state index in [-0.39, 0.29) is 5.75 Å². The van der Waals surface area contributed by atoms with Gasteiger partial charge in [-0.15, -0.1) is 0 Å². The molecule has 0 aliphatic rings. The molecule has 100 valence electrons. The molecule has 0 bridgehead atoms. The van der Waals surface area contributed by atoms with Crippen molar-refractivity contribution in [2.24, 2.45) is 0 Å². The first kappa shape index (κ1) is 12.2. The molecule has 6 heteroatoms. The first-order valence-electron chi connectivity index (χ1n) is 5.77. The molecule has 0 atom stereocenters. The van der Waals surface area contributed by atoms with Crippen LogP contribution in [0.15, 0.2) is 42.7 Å². The number of pyridine rings is 1. The molecule has 20 heavy (non-hydrogen) atoms. The highest BCUT2D eigenvalue weighted by Crippen LogP contribution is 2.25. The Kier molecular flexibility index (Phi) is 2.83. The maximum Gasteiger partial charge on any atom is 0.338 e. The molecule has 0 aliphatic heterocycles. The molecule has 2 N–H and O–H groups in total. The van der Waals surface area contributed by atoms with Gasteiger partial charge in [-0.05, 0) is 24.3 Å². The van der Waals surface area contributed by atoms with Crippen molar-refractivity contribution in [3.05, 3.63) is 54.1 Å². The maximum absolute atomic E-state index is 13.5. The first-order valence-corrected chi connectivity index (χ1v) is 5.77. The standard InChI is InChI=1S/C14H9FN2O3/c15-12-6-9(1-2-11(12)14(18)19)20-10-5-8-3-4-16-13(8)17-7-10/h1-7H,(H,16,17)(H,18,19). The monoisotopic (exact) mass is 272 g/mol. The minimum atomic E-state index is -1.32. The second-order valence-electron chi connectivity index (χ2n) is 4.14. The van der Waals surface area contributed by atoms with E-state index in [0.717, 1.165) is 23.2 Å². The number of rotatable bonds is 3. The summed E-state index contributed by atoms with van der Waals surface area (Å²) in [7, 11) is 0. The second-order valence-corrected chi connectivity index (χ2v) is 4.14. The Balaban J connectivity index is 1.90. The summed E-state index contributed by atoms with van der Waals surface area (Å²) < 4.78 is 19.0. The fourth-order valence-electron chi connectivity index (χ4n) is 1.84. The predicted molar refractivity (Wildman–Crippen MR) is 69.5 cm³/mol. The van der Waals surface area contributed by atoms with Gasteiger partial charge in [0.1, 0.15) is 23.0 Å². The van der Waals surface area contributed by atoms with Crippen molar-refractivity contribution in [1.82, 2.24) is 9.97 Å². The molecule has 0 saturated carbocycles. The predicted octanol–water partition coefficient (Wildman–Crippen LogP) is 3.19. The molecule has 5 nitrogen and oxygen atoms in total. The third-order valence-electron chi connectivity index (χ3n) is 2.78. The molecular weight excluding hydrogens is 263 g/mol. The first-order chi connectivity index (χ1) is 9.63. The van der Waals surface area contributed by atoms with Crippen molar-refractivity contribution in [3.63, 3.8) is 0 Å². The smallest absolute Gasteiger partial charge is 0.338 e. The Labute approximate surface area is 112 Å². The summed E-state index contributed by atoms with van der Waals surface area (Å²) in [6.45, 7) is 0. The highest BCUT2D eigenvalue weighted by atomic mass is 19.1. The highest BCUT2D eigenvalue weighted by molar-refractivity contribution is 5.88. The number of aromatic carboxylic acids is 1. The zero-order valence-electron chi connectivity index (χ0n) is 10.1. The number of hydrogen-bond acceptors (Lipinski definition) is 3. The van der Waals surface area contributed by atoms with E-state index >= 15 is 0 Å². The normalized spacial score (nSPS) is 10.7. The summed E-state index contributed by atoms with van der Waals surface area (Å²) in [5.74, 6) is -1.50. The molecule has 0 spiro atoms. The van der Waals surface area contributed by atoms with Gasteiger partial charge in [-0.25, -0.2) is 14.2 Å². The number of H-pyrrole nitrogens is 1. The van der Waals surface area contributed by atoms with Gasteiger partial charge in [-0.1, -0.05) is 0 Å². The number of ether oxygens (including phenoxy) is 1. The summed E-state index contributed by atoms with van der Waals surface area (Å²) in [6.07, 6.45) is 3.25. The Morgan fingerprint density at radius 3 is 2.85 bits per heavy atom. The molecule has 0 amide bonds. The number of halogens is 1. The zero-order chi connectivity index (χ0) is 14.1. The number of nitrogens with one attached hydrogen (secondary N) is 1. The number of fused-ring (bicyclic) bond motifs is 1. The summed E-state index contributed by atoms with van der Waals surface area (Å²) in [5.41, 5.74) is 0.335. The van der Waals surface area contributed by atoms with Crippen molar-refractivity contribution < 1.29 is 19.0 Å². The molecule has 0 aliphatic carbocycles. The largest absolute Gasteiger partial charge is 0.478 e. The molecule has 3 aromatic rings. The Hall–Kier alpha value is -2.89. The summed E-state index contributed by atoms with van der Waals surface area (Å²) in [6, 6.07) is 7.18. The van der Waals surface area contributed by atoms with E-state index in [0.29, 0.717) is 5.75 Å². The SMILES string of the molecule is O=C(O)c1ccc(Oc2cnc3[nH]ccc3c2)cc1F. The number of aromatic amines is 1. The zero-order valence-corrected chi connectivity index (χ0v) is 10.1. The Bertz CT molecular complexity index is 798. The number of carboxylic acid groups (broad SMARTS) is 1. The van der Waals surface area contributed by atoms with Crippen LogP contribution in [0.5, 0.6) is 11.5 Å². The van der Waals surface area contributed by atoms with E-state index in [1.807, 2.05) is 6.07 Å². The van der Waals surface area contributed by atoms with Gasteiger partial charge in [-0.2, -0.15) is 0 Å². The van der Waals surface area contributed by atoms with Gasteiger partial charge < -0.3 is 14.8 Å². The topological polar surface area (TPSA) is 75.2 Å². The molecule has 0 fully saturated rings. The van der Waals surface area contributed by atoms with Gasteiger partial charge in [0.05, 0.1) is 11.8 Å². The summed E-state index contributed by atoms with van der Waals surface area (Å²) in [5, 5.41) is 9.61. The van der Waals surface area contributed by atoms with Crippen LogP contribution in [0.3, 0.4) is 0 Å². The van der Waals surface area contributed by atoms with Crippen LogP contribution in [0.1, 0.15) is 10.4 Å². The maximum atomic E-state index is 13.5. The van der Waals surface area contributed by atoms with E-state index in [1.165, 1.54) is 12.3 Å². The molecular formula is C14H9FN2O3. The molecule has 0 saturated heterocycles. The molecule has 3 rings (SSSR count). The van der Waals surface area contributed by atoms with Crippen LogP contribution in [0.25, 0.3) is 11.0 Å². The van der Waals surface area contributed by atoms with E-state index in [9.17, 15) is 9.18 Å². The van der Waals surface area contributed by atoms with E-state index in [1.54, 1.807) is 12.3 Å². The molecule has 2 aromatic heterocycles. The van der Waals surface area contributed by atoms with Gasteiger partial charge in [0.25, 0.3) is 0 Å². The molecule has 0 radical (unpaired) electrons. The van der Waals surface area contributed by atoms with Crippen LogP contribution in [0.4, 0.5) is 4.39 Å². The molecule has 1 aromatic carbocycles. The van der Waals surface area contributed by atoms with Crippen LogP contribution in [-0.2, 0) is 0 Å². The number of hydrogen-bond donors (Lipinski definition) is 2. The minimum Gasteiger partial charge on any atom is -0.478 e. The molecule has 0 unspecified atom stereocenters. The van der Waals surface area contributed by atoms with Gasteiger partial charge in [-0.3, -0.25) is 0 Å². The van der Waals surface area contributed by atoms with E-state index in [2.05, 4.69) is 9.97 Å². The van der Waals surface area contributed by atoms with Gasteiger partial charge in [0.15, 0.2) is 0 Å². The van der Waals surface area contributed by atoms with Gasteiger partial charge in [0.2, 0.25) is 0 Å². The summed E-state index contributed by atoms with van der Waals surface area (Å²) in [4.78, 5) is 17.8. The average molecular weight is 272 g/mol. The van der Waals surface area contributed by atoms with Crippen LogP contribution in [-0.4, -0.2) is 21.0 Å². The highest BCUT2D eigenvalue weighted by Gasteiger charge is 2.11. The summed E-state index contributed by atoms with van der Waals surface area (Å²) >= 11 is 0. The Morgan fingerprint density at radius 1 is 1.25 bits per heavy atom. The van der Waals surface area contributed by atoms with Crippen LogP contribution in [0, 0.1) is 5.82 Å². The quantitative estimate of drug-likeness (QED) is 0.767. The molecule has 2 heterocycles. The lowest BCUT2D eigenvalue weighted by Gasteiger charge is -2.06. The lowest BCUT2D eigenvalue weighted by atomic mass is 10.2. The van der Waals surface area contributed by atoms with Crippen LogP contribution >= 0.6 is 0 Å². The number of nitrogens with zero attached hydrogens (tertiary/aromatic N) is 1. The van der Waals surface area contributed by atoms with Gasteiger partial charge >= 0.3 is 5.97 Å². The lowest BCUT2D eigenvalue weighted by Crippen LogP contribution is -2.00. The number of aromatic nitrogens is 2. The minimum absolute atomic E-state index is 0.212. The fraction of sp³-hybridized carbons (Fsp3) is 0. The fourth-order valence-corrected chi connectivity index (χ4v) is 1.84. The average Bonchev–Trinajstić information content (AvgIpc) is 2.85. The van der Waals surface area contributed by atoms with Crippen molar-refractivity contribution in [2.45, 2.75) is 0 Å². The number of benzene rings is 1. The third kappa shape index (κ3) is 2.18. The number of carbonyl (C=O) groups is 1. The second kappa shape index (κ2) is 4.65. The lowest BCUT2D eigenvalue weighted by molar-refractivity contribution is 0.0692. The van der Waals surface area contributed by atoms with Crippen molar-refractivity contribution in [1.29, 1.82) is 0 Å². The van der Waals surface area contributed by atoms with Crippen LogP contribution < -0.4 is 4.74 Å². The number of carboxylic acids is 1.